The standard InChI is InChI=1S/C33H21F3N4O3/c34-33(35,36)23-9-7-20(8-10-23)32(41)38-24-11-13-27-26(16-24)31(37-25-12-14-28-29(17-25)43-18-42-28)40-30(39-27)22-6-5-19-3-1-2-4-21(19)15-22/h1-17H,18H2,(H,38,41)(H,37,39,40). The van der Waals surface area contributed by atoms with Gasteiger partial charge in [-0.1, -0.05) is 36.4 Å². The van der Waals surface area contributed by atoms with Gasteiger partial charge < -0.3 is 20.1 Å². The fourth-order valence-electron chi connectivity index (χ4n) is 4.88. The first kappa shape index (κ1) is 26.3. The Morgan fingerprint density at radius 2 is 1.51 bits per heavy atom. The summed E-state index contributed by atoms with van der Waals surface area (Å²) in [6.45, 7) is 0.142. The molecule has 7 nitrogen and oxygen atoms in total. The monoisotopic (exact) mass is 578 g/mol. The number of anilines is 3. The summed E-state index contributed by atoms with van der Waals surface area (Å²) in [7, 11) is 0. The average molecular weight is 579 g/mol. The summed E-state index contributed by atoms with van der Waals surface area (Å²) < 4.78 is 49.8. The van der Waals surface area contributed by atoms with E-state index in [4.69, 9.17) is 19.4 Å². The number of halogens is 3. The summed E-state index contributed by atoms with van der Waals surface area (Å²) in [4.78, 5) is 22.5. The molecule has 5 aromatic carbocycles. The number of fused-ring (bicyclic) bond motifs is 3. The summed E-state index contributed by atoms with van der Waals surface area (Å²) in [6.07, 6.45) is -4.49. The highest BCUT2D eigenvalue weighted by atomic mass is 19.4. The highest BCUT2D eigenvalue weighted by molar-refractivity contribution is 6.06. The summed E-state index contributed by atoms with van der Waals surface area (Å²) in [6, 6.07) is 28.7. The maximum Gasteiger partial charge on any atom is 0.416 e. The van der Waals surface area contributed by atoms with Gasteiger partial charge >= 0.3 is 6.18 Å². The van der Waals surface area contributed by atoms with E-state index in [0.29, 0.717) is 45.4 Å². The lowest BCUT2D eigenvalue weighted by atomic mass is 10.1. The summed E-state index contributed by atoms with van der Waals surface area (Å²) in [5, 5.41) is 8.88. The lowest BCUT2D eigenvalue weighted by Crippen LogP contribution is -2.13. The smallest absolute Gasteiger partial charge is 0.416 e. The number of carbonyl (C=O) groups excluding carboxylic acids is 1. The number of ether oxygens (including phenoxy) is 2. The van der Waals surface area contributed by atoms with E-state index in [1.54, 1.807) is 24.3 Å². The minimum Gasteiger partial charge on any atom is -0.454 e. The zero-order chi connectivity index (χ0) is 29.6. The molecule has 0 fully saturated rings. The molecule has 1 aliphatic rings. The van der Waals surface area contributed by atoms with Gasteiger partial charge in [0.15, 0.2) is 17.3 Å². The minimum absolute atomic E-state index is 0.0923. The van der Waals surface area contributed by atoms with Gasteiger partial charge in [-0.05, 0) is 71.4 Å². The Hall–Kier alpha value is -5.64. The molecule has 1 aliphatic heterocycles. The highest BCUT2D eigenvalue weighted by Crippen LogP contribution is 2.37. The number of alkyl halides is 3. The van der Waals surface area contributed by atoms with Gasteiger partial charge in [0.1, 0.15) is 5.82 Å². The molecule has 0 saturated heterocycles. The van der Waals surface area contributed by atoms with Crippen molar-refractivity contribution in [3.8, 4) is 22.9 Å². The number of amides is 1. The van der Waals surface area contributed by atoms with Crippen molar-refractivity contribution in [2.75, 3.05) is 17.4 Å². The van der Waals surface area contributed by atoms with Gasteiger partial charge in [0.2, 0.25) is 6.79 Å². The molecule has 2 N–H and O–H groups in total. The Morgan fingerprint density at radius 3 is 2.33 bits per heavy atom. The van der Waals surface area contributed by atoms with Gasteiger partial charge in [0, 0.05) is 34.0 Å². The van der Waals surface area contributed by atoms with Crippen LogP contribution in [0.5, 0.6) is 11.5 Å². The first-order chi connectivity index (χ1) is 20.8. The Balaban J connectivity index is 1.27. The van der Waals surface area contributed by atoms with E-state index in [9.17, 15) is 18.0 Å². The molecule has 1 aromatic heterocycles. The molecule has 0 aliphatic carbocycles. The SMILES string of the molecule is O=C(Nc1ccc2nc(-c3ccc4ccccc4c3)nc(Nc3ccc4c(c3)OCO4)c2c1)c1ccc(C(F)(F)F)cc1. The second-order valence-corrected chi connectivity index (χ2v) is 9.91. The van der Waals surface area contributed by atoms with Crippen molar-refractivity contribution in [2.45, 2.75) is 6.18 Å². The van der Waals surface area contributed by atoms with E-state index in [-0.39, 0.29) is 12.4 Å². The second-order valence-electron chi connectivity index (χ2n) is 9.91. The molecule has 2 heterocycles. The van der Waals surface area contributed by atoms with E-state index < -0.39 is 17.6 Å². The zero-order valence-electron chi connectivity index (χ0n) is 22.3. The van der Waals surface area contributed by atoms with E-state index >= 15 is 0 Å². The van der Waals surface area contributed by atoms with Crippen LogP contribution in [0.2, 0.25) is 0 Å². The van der Waals surface area contributed by atoms with Crippen LogP contribution in [0, 0.1) is 0 Å². The summed E-state index contributed by atoms with van der Waals surface area (Å²) >= 11 is 0. The molecule has 0 unspecified atom stereocenters. The number of hydrogen-bond donors (Lipinski definition) is 2. The quantitative estimate of drug-likeness (QED) is 0.215. The van der Waals surface area contributed by atoms with Crippen molar-refractivity contribution in [1.29, 1.82) is 0 Å². The van der Waals surface area contributed by atoms with Crippen LogP contribution in [0.25, 0.3) is 33.1 Å². The van der Waals surface area contributed by atoms with Gasteiger partial charge in [-0.2, -0.15) is 13.2 Å². The van der Waals surface area contributed by atoms with E-state index in [0.717, 1.165) is 40.6 Å². The third-order valence-electron chi connectivity index (χ3n) is 7.07. The van der Waals surface area contributed by atoms with Crippen molar-refractivity contribution in [3.63, 3.8) is 0 Å². The third-order valence-corrected chi connectivity index (χ3v) is 7.07. The molecule has 212 valence electrons. The van der Waals surface area contributed by atoms with Crippen molar-refractivity contribution >= 4 is 44.8 Å². The van der Waals surface area contributed by atoms with Gasteiger partial charge in [-0.15, -0.1) is 0 Å². The van der Waals surface area contributed by atoms with Crippen LogP contribution >= 0.6 is 0 Å². The fraction of sp³-hybridized carbons (Fsp3) is 0.0606. The first-order valence-electron chi connectivity index (χ1n) is 13.3. The maximum atomic E-state index is 12.9. The molecular formula is C33H21F3N4O3. The number of hydrogen-bond acceptors (Lipinski definition) is 6. The van der Waals surface area contributed by atoms with Gasteiger partial charge in [0.05, 0.1) is 11.1 Å². The van der Waals surface area contributed by atoms with Crippen LogP contribution in [0.1, 0.15) is 15.9 Å². The topological polar surface area (TPSA) is 85.4 Å². The third kappa shape index (κ3) is 5.26. The van der Waals surface area contributed by atoms with Gasteiger partial charge in [-0.3, -0.25) is 4.79 Å². The largest absolute Gasteiger partial charge is 0.454 e. The molecule has 0 radical (unpaired) electrons. The van der Waals surface area contributed by atoms with Crippen LogP contribution in [0.15, 0.2) is 103 Å². The Labute approximate surface area is 242 Å². The number of benzene rings is 5. The molecule has 0 atom stereocenters. The fourth-order valence-corrected chi connectivity index (χ4v) is 4.88. The molecular weight excluding hydrogens is 557 g/mol. The van der Waals surface area contributed by atoms with Gasteiger partial charge in [-0.25, -0.2) is 9.97 Å². The predicted octanol–water partition coefficient (Wildman–Crippen LogP) is 8.19. The Morgan fingerprint density at radius 1 is 0.744 bits per heavy atom. The predicted molar refractivity (Wildman–Crippen MR) is 158 cm³/mol. The van der Waals surface area contributed by atoms with Crippen LogP contribution < -0.4 is 20.1 Å². The number of nitrogens with zero attached hydrogens (tertiary/aromatic N) is 2. The minimum atomic E-state index is -4.49. The summed E-state index contributed by atoms with van der Waals surface area (Å²) in [5.41, 5.74) is 1.84. The molecule has 0 spiro atoms. The summed E-state index contributed by atoms with van der Waals surface area (Å²) in [5.74, 6) is 1.68. The van der Waals surface area contributed by atoms with Crippen LogP contribution in [0.4, 0.5) is 30.4 Å². The Bertz CT molecular complexity index is 2030. The lowest BCUT2D eigenvalue weighted by molar-refractivity contribution is -0.137. The molecule has 7 rings (SSSR count). The van der Waals surface area contributed by atoms with Crippen molar-refractivity contribution in [3.05, 3.63) is 114 Å². The molecule has 0 saturated carbocycles. The molecule has 1 amide bonds. The first-order valence-corrected chi connectivity index (χ1v) is 13.3. The zero-order valence-corrected chi connectivity index (χ0v) is 22.3. The van der Waals surface area contributed by atoms with Crippen LogP contribution in [-0.2, 0) is 6.18 Å². The number of carbonyl (C=O) groups is 1. The lowest BCUT2D eigenvalue weighted by Gasteiger charge is -2.14. The average Bonchev–Trinajstić information content (AvgIpc) is 3.48. The second kappa shape index (κ2) is 10.3. The van der Waals surface area contributed by atoms with E-state index in [1.807, 2.05) is 54.6 Å². The Kier molecular flexibility index (Phi) is 6.31. The van der Waals surface area contributed by atoms with Crippen LogP contribution in [-0.4, -0.2) is 22.7 Å². The van der Waals surface area contributed by atoms with E-state index in [2.05, 4.69) is 10.6 Å². The van der Waals surface area contributed by atoms with E-state index in [1.165, 1.54) is 0 Å². The molecule has 0 bridgehead atoms. The van der Waals surface area contributed by atoms with Crippen molar-refractivity contribution in [1.82, 2.24) is 9.97 Å². The number of aromatic nitrogens is 2. The molecule has 6 aromatic rings. The molecule has 10 heteroatoms. The number of nitrogens with one attached hydrogen (secondary N) is 2. The van der Waals surface area contributed by atoms with Crippen molar-refractivity contribution < 1.29 is 27.4 Å². The van der Waals surface area contributed by atoms with Crippen LogP contribution in [0.3, 0.4) is 0 Å². The highest BCUT2D eigenvalue weighted by Gasteiger charge is 2.30. The normalized spacial score (nSPS) is 12.4. The van der Waals surface area contributed by atoms with Crippen molar-refractivity contribution in [2.24, 2.45) is 0 Å². The number of rotatable bonds is 5. The maximum absolute atomic E-state index is 12.9. The molecule has 43 heavy (non-hydrogen) atoms. The van der Waals surface area contributed by atoms with Gasteiger partial charge in [0.25, 0.3) is 5.91 Å².